The standard InChI is InChI=1S/C67H54N2/c1-65(2)58-27-17-15-24-51(58)53-36-33-47(39-60(53)65)68(44-19-9-7-10-20-44)46-31-29-43(30-32-46)57-42-63-64(55-26-14-13-23-50(55)57)56-38-35-49(41-62(56)67(63,5)6)69(45-21-11-8-12-22-45)48-34-37-54-52-25-16-18-28-59(52)66(3,4)61(54)40-48/h7-42H,1-6H3. The van der Waals surface area contributed by atoms with E-state index in [1.807, 2.05) is 0 Å². The number of hydrogen-bond acceptors (Lipinski definition) is 2. The Morgan fingerprint density at radius 2 is 0.609 bits per heavy atom. The zero-order valence-corrected chi connectivity index (χ0v) is 40.2. The Kier molecular flexibility index (Phi) is 8.99. The van der Waals surface area contributed by atoms with Gasteiger partial charge in [-0.2, -0.15) is 0 Å². The van der Waals surface area contributed by atoms with Gasteiger partial charge in [-0.15, -0.1) is 0 Å². The second kappa shape index (κ2) is 15.0. The predicted octanol–water partition coefficient (Wildman–Crippen LogP) is 18.4. The third kappa shape index (κ3) is 6.11. The van der Waals surface area contributed by atoms with E-state index < -0.39 is 0 Å². The van der Waals surface area contributed by atoms with Crippen LogP contribution in [0, 0.1) is 0 Å². The number of para-hydroxylation sites is 2. The third-order valence-corrected chi connectivity index (χ3v) is 16.0. The van der Waals surface area contributed by atoms with Gasteiger partial charge in [0.1, 0.15) is 0 Å². The zero-order valence-electron chi connectivity index (χ0n) is 40.2. The molecule has 2 nitrogen and oxygen atoms in total. The molecular formula is C67H54N2. The van der Waals surface area contributed by atoms with Crippen molar-refractivity contribution in [2.24, 2.45) is 0 Å². The van der Waals surface area contributed by atoms with Crippen LogP contribution in [-0.2, 0) is 16.2 Å². The molecule has 0 N–H and O–H groups in total. The van der Waals surface area contributed by atoms with Crippen molar-refractivity contribution in [3.8, 4) is 44.5 Å². The van der Waals surface area contributed by atoms with Gasteiger partial charge in [0.25, 0.3) is 0 Å². The molecule has 0 saturated heterocycles. The fraction of sp³-hybridized carbons (Fsp3) is 0.134. The highest BCUT2D eigenvalue weighted by Crippen LogP contribution is 2.56. The molecule has 3 aliphatic carbocycles. The van der Waals surface area contributed by atoms with Gasteiger partial charge in [-0.3, -0.25) is 0 Å². The highest BCUT2D eigenvalue weighted by atomic mass is 15.1. The first-order chi connectivity index (χ1) is 33.5. The van der Waals surface area contributed by atoms with Gasteiger partial charge in [-0.05, 0) is 168 Å². The van der Waals surface area contributed by atoms with Gasteiger partial charge in [0, 0.05) is 50.4 Å². The van der Waals surface area contributed by atoms with Crippen LogP contribution < -0.4 is 9.80 Å². The lowest BCUT2D eigenvalue weighted by Gasteiger charge is -2.29. The molecule has 10 aromatic rings. The Morgan fingerprint density at radius 1 is 0.246 bits per heavy atom. The SMILES string of the molecule is CC1(C)c2ccccc2-c2ccc(N(c3ccccc3)c3ccc(-c4cc5c(c6ccccc46)-c4ccc(N(c6ccccc6)c6ccc7c(c6)C(C)(C)c6ccccc6-7)cc4C5(C)C)cc3)cc21. The summed E-state index contributed by atoms with van der Waals surface area (Å²) in [5.41, 5.74) is 25.2. The first-order valence-electron chi connectivity index (χ1n) is 24.5. The molecule has 0 spiro atoms. The molecule has 0 aromatic heterocycles. The summed E-state index contributed by atoms with van der Waals surface area (Å²) >= 11 is 0. The van der Waals surface area contributed by atoms with Gasteiger partial charge < -0.3 is 9.80 Å². The first-order valence-corrected chi connectivity index (χ1v) is 24.5. The number of benzene rings is 10. The van der Waals surface area contributed by atoms with Crippen LogP contribution in [-0.4, -0.2) is 0 Å². The van der Waals surface area contributed by atoms with Crippen LogP contribution in [0.5, 0.6) is 0 Å². The second-order valence-electron chi connectivity index (χ2n) is 20.9. The van der Waals surface area contributed by atoms with E-state index >= 15 is 0 Å². The van der Waals surface area contributed by atoms with E-state index in [-0.39, 0.29) is 16.2 Å². The highest BCUT2D eigenvalue weighted by molar-refractivity contribution is 6.09. The van der Waals surface area contributed by atoms with Crippen LogP contribution in [0.3, 0.4) is 0 Å². The van der Waals surface area contributed by atoms with Crippen LogP contribution in [0.25, 0.3) is 55.3 Å². The summed E-state index contributed by atoms with van der Waals surface area (Å²) in [5.74, 6) is 0. The number of anilines is 6. The summed E-state index contributed by atoms with van der Waals surface area (Å²) in [6.45, 7) is 14.3. The fourth-order valence-corrected chi connectivity index (χ4v) is 12.5. The third-order valence-electron chi connectivity index (χ3n) is 16.0. The molecule has 0 heterocycles. The number of nitrogens with zero attached hydrogens (tertiary/aromatic N) is 2. The van der Waals surface area contributed by atoms with Crippen molar-refractivity contribution in [1.82, 2.24) is 0 Å². The summed E-state index contributed by atoms with van der Waals surface area (Å²) in [6.07, 6.45) is 0. The first kappa shape index (κ1) is 41.3. The lowest BCUT2D eigenvalue weighted by atomic mass is 9.80. The topological polar surface area (TPSA) is 6.48 Å². The molecular weight excluding hydrogens is 833 g/mol. The number of hydrogen-bond donors (Lipinski definition) is 0. The van der Waals surface area contributed by atoms with E-state index in [1.165, 1.54) is 94.3 Å². The molecule has 0 bridgehead atoms. The molecule has 0 aliphatic heterocycles. The van der Waals surface area contributed by atoms with Gasteiger partial charge in [-0.1, -0.05) is 181 Å². The molecule has 0 atom stereocenters. The summed E-state index contributed by atoms with van der Waals surface area (Å²) in [5, 5.41) is 2.56. The highest BCUT2D eigenvalue weighted by Gasteiger charge is 2.40. The Hall–Kier alpha value is -7.94. The zero-order chi connectivity index (χ0) is 46.8. The van der Waals surface area contributed by atoms with Crippen molar-refractivity contribution < 1.29 is 0 Å². The van der Waals surface area contributed by atoms with Gasteiger partial charge in [0.05, 0.1) is 0 Å². The van der Waals surface area contributed by atoms with E-state index in [0.717, 1.165) is 28.4 Å². The van der Waals surface area contributed by atoms with E-state index in [0.29, 0.717) is 0 Å². The Morgan fingerprint density at radius 3 is 1.13 bits per heavy atom. The van der Waals surface area contributed by atoms with Crippen LogP contribution in [0.2, 0.25) is 0 Å². The summed E-state index contributed by atoms with van der Waals surface area (Å²) in [6, 6.07) is 81.6. The average molecular weight is 887 g/mol. The van der Waals surface area contributed by atoms with Gasteiger partial charge in [-0.25, -0.2) is 0 Å². The minimum Gasteiger partial charge on any atom is -0.310 e. The molecule has 0 saturated carbocycles. The fourth-order valence-electron chi connectivity index (χ4n) is 12.5. The quantitative estimate of drug-likeness (QED) is 0.157. The molecule has 10 aromatic carbocycles. The van der Waals surface area contributed by atoms with Gasteiger partial charge >= 0.3 is 0 Å². The van der Waals surface area contributed by atoms with Crippen LogP contribution in [0.4, 0.5) is 34.1 Å². The molecule has 0 amide bonds. The molecule has 0 unspecified atom stereocenters. The maximum atomic E-state index is 2.50. The molecule has 332 valence electrons. The molecule has 2 heteroatoms. The summed E-state index contributed by atoms with van der Waals surface area (Å²) < 4.78 is 0. The van der Waals surface area contributed by atoms with E-state index in [9.17, 15) is 0 Å². The largest absolute Gasteiger partial charge is 0.310 e. The lowest BCUT2D eigenvalue weighted by molar-refractivity contribution is 0.660. The minimum atomic E-state index is -0.256. The number of rotatable bonds is 7. The maximum absolute atomic E-state index is 2.50. The van der Waals surface area contributed by atoms with Crippen molar-refractivity contribution >= 4 is 44.9 Å². The molecule has 0 radical (unpaired) electrons. The molecule has 69 heavy (non-hydrogen) atoms. The maximum Gasteiger partial charge on any atom is 0.0465 e. The lowest BCUT2D eigenvalue weighted by Crippen LogP contribution is -2.18. The Balaban J connectivity index is 0.897. The van der Waals surface area contributed by atoms with Crippen LogP contribution >= 0.6 is 0 Å². The molecule has 13 rings (SSSR count). The molecule has 0 fully saturated rings. The Bertz CT molecular complexity index is 3690. The van der Waals surface area contributed by atoms with Gasteiger partial charge in [0.15, 0.2) is 0 Å². The molecule has 3 aliphatic rings. The van der Waals surface area contributed by atoms with E-state index in [2.05, 4.69) is 270 Å². The monoisotopic (exact) mass is 886 g/mol. The predicted molar refractivity (Wildman–Crippen MR) is 291 cm³/mol. The summed E-state index contributed by atoms with van der Waals surface area (Å²) in [7, 11) is 0. The minimum absolute atomic E-state index is 0.0911. The Labute approximate surface area is 406 Å². The van der Waals surface area contributed by atoms with Crippen molar-refractivity contribution in [1.29, 1.82) is 0 Å². The second-order valence-corrected chi connectivity index (χ2v) is 20.9. The van der Waals surface area contributed by atoms with Gasteiger partial charge in [0.2, 0.25) is 0 Å². The smallest absolute Gasteiger partial charge is 0.0465 e. The van der Waals surface area contributed by atoms with E-state index in [4.69, 9.17) is 0 Å². The van der Waals surface area contributed by atoms with E-state index in [1.54, 1.807) is 0 Å². The van der Waals surface area contributed by atoms with Crippen LogP contribution in [0.15, 0.2) is 218 Å². The number of fused-ring (bicyclic) bond motifs is 11. The average Bonchev–Trinajstić information content (AvgIpc) is 3.86. The normalized spacial score (nSPS) is 14.9. The van der Waals surface area contributed by atoms with Crippen LogP contribution in [0.1, 0.15) is 74.9 Å². The van der Waals surface area contributed by atoms with Crippen molar-refractivity contribution in [2.75, 3.05) is 9.80 Å². The van der Waals surface area contributed by atoms with Crippen molar-refractivity contribution in [3.05, 3.63) is 252 Å². The van der Waals surface area contributed by atoms with Crippen molar-refractivity contribution in [3.63, 3.8) is 0 Å². The van der Waals surface area contributed by atoms with Crippen molar-refractivity contribution in [2.45, 2.75) is 57.8 Å². The summed E-state index contributed by atoms with van der Waals surface area (Å²) in [4.78, 5) is 4.85.